The number of carbonyl (C=O) groups excluding carboxylic acids is 2. The fourth-order valence-electron chi connectivity index (χ4n) is 1.29. The summed E-state index contributed by atoms with van der Waals surface area (Å²) in [5.41, 5.74) is 0.450. The topological polar surface area (TPSA) is 61.2 Å². The minimum Gasteiger partial charge on any atom is -0.469 e. The van der Waals surface area contributed by atoms with Gasteiger partial charge in [0.05, 0.1) is 18.9 Å². The van der Waals surface area contributed by atoms with E-state index in [4.69, 9.17) is 0 Å². The van der Waals surface area contributed by atoms with Crippen LogP contribution >= 0.6 is 0 Å². The minimum atomic E-state index is -0.526. The standard InChI is InChI=1S/C11H16N2O3/c1-8(2)6-13-7-9(5-12-13)10(14)4-11(15)16-3/h5,7-8H,4,6H2,1-3H3. The molecule has 0 radical (unpaired) electrons. The summed E-state index contributed by atoms with van der Waals surface area (Å²) in [5, 5.41) is 4.05. The van der Waals surface area contributed by atoms with E-state index in [1.165, 1.54) is 13.3 Å². The van der Waals surface area contributed by atoms with Gasteiger partial charge in [-0.25, -0.2) is 0 Å². The summed E-state index contributed by atoms with van der Waals surface area (Å²) in [4.78, 5) is 22.5. The summed E-state index contributed by atoms with van der Waals surface area (Å²) in [7, 11) is 1.26. The van der Waals surface area contributed by atoms with Gasteiger partial charge in [-0.15, -0.1) is 0 Å². The number of methoxy groups -OCH3 is 1. The lowest BCUT2D eigenvalue weighted by molar-refractivity contribution is -0.139. The Hall–Kier alpha value is -1.65. The first-order chi connectivity index (χ1) is 7.52. The predicted octanol–water partition coefficient (Wildman–Crippen LogP) is 1.28. The van der Waals surface area contributed by atoms with Gasteiger partial charge in [-0.05, 0) is 5.92 Å². The highest BCUT2D eigenvalue weighted by Crippen LogP contribution is 2.05. The summed E-state index contributed by atoms with van der Waals surface area (Å²) in [6.45, 7) is 4.89. The van der Waals surface area contributed by atoms with Gasteiger partial charge in [0.15, 0.2) is 5.78 Å². The molecule has 1 aromatic rings. The molecule has 0 N–H and O–H groups in total. The number of ether oxygens (including phenoxy) is 1. The highest BCUT2D eigenvalue weighted by molar-refractivity contribution is 6.05. The van der Waals surface area contributed by atoms with Gasteiger partial charge in [-0.1, -0.05) is 13.8 Å². The van der Waals surface area contributed by atoms with Crippen LogP contribution in [0.2, 0.25) is 0 Å². The molecule has 0 bridgehead atoms. The molecule has 1 heterocycles. The second-order valence-corrected chi connectivity index (χ2v) is 4.02. The Bertz CT molecular complexity index is 382. The van der Waals surface area contributed by atoms with Crippen molar-refractivity contribution in [3.05, 3.63) is 18.0 Å². The van der Waals surface area contributed by atoms with E-state index in [2.05, 4.69) is 23.7 Å². The maximum Gasteiger partial charge on any atom is 0.313 e. The van der Waals surface area contributed by atoms with E-state index in [9.17, 15) is 9.59 Å². The average Bonchev–Trinajstić information content (AvgIpc) is 2.65. The van der Waals surface area contributed by atoms with Crippen molar-refractivity contribution < 1.29 is 14.3 Å². The second-order valence-electron chi connectivity index (χ2n) is 4.02. The van der Waals surface area contributed by atoms with Crippen molar-refractivity contribution in [1.29, 1.82) is 0 Å². The highest BCUT2D eigenvalue weighted by atomic mass is 16.5. The fraction of sp³-hybridized carbons (Fsp3) is 0.545. The number of carbonyl (C=O) groups is 2. The molecule has 1 aromatic heterocycles. The zero-order valence-corrected chi connectivity index (χ0v) is 9.77. The van der Waals surface area contributed by atoms with Gasteiger partial charge in [0, 0.05) is 12.7 Å². The zero-order chi connectivity index (χ0) is 12.1. The Morgan fingerprint density at radius 3 is 2.75 bits per heavy atom. The first-order valence-electron chi connectivity index (χ1n) is 5.15. The summed E-state index contributed by atoms with van der Waals surface area (Å²) in [5.74, 6) is -0.327. The van der Waals surface area contributed by atoms with E-state index in [1.807, 2.05) is 0 Å². The molecule has 0 saturated heterocycles. The molecule has 0 unspecified atom stereocenters. The first kappa shape index (κ1) is 12.4. The molecule has 0 atom stereocenters. The third-order valence-corrected chi connectivity index (χ3v) is 2.04. The molecular formula is C11H16N2O3. The molecule has 0 amide bonds. The highest BCUT2D eigenvalue weighted by Gasteiger charge is 2.13. The molecule has 0 spiro atoms. The number of hydrogen-bond donors (Lipinski definition) is 0. The summed E-state index contributed by atoms with van der Waals surface area (Å²) in [6.07, 6.45) is 2.91. The molecule has 0 aliphatic rings. The van der Waals surface area contributed by atoms with Gasteiger partial charge in [0.25, 0.3) is 0 Å². The normalized spacial score (nSPS) is 10.5. The van der Waals surface area contributed by atoms with Gasteiger partial charge >= 0.3 is 5.97 Å². The number of aromatic nitrogens is 2. The van der Waals surface area contributed by atoms with E-state index >= 15 is 0 Å². The van der Waals surface area contributed by atoms with Crippen LogP contribution in [-0.4, -0.2) is 28.6 Å². The Morgan fingerprint density at radius 1 is 1.50 bits per heavy atom. The van der Waals surface area contributed by atoms with Gasteiger partial charge in [-0.2, -0.15) is 5.10 Å². The van der Waals surface area contributed by atoms with Crippen molar-refractivity contribution in [2.45, 2.75) is 26.8 Å². The maximum atomic E-state index is 11.6. The van der Waals surface area contributed by atoms with Crippen LogP contribution in [0.25, 0.3) is 0 Å². The number of ketones is 1. The lowest BCUT2D eigenvalue weighted by atomic mass is 10.2. The molecule has 5 heteroatoms. The smallest absolute Gasteiger partial charge is 0.313 e. The van der Waals surface area contributed by atoms with Crippen molar-refractivity contribution >= 4 is 11.8 Å². The third kappa shape index (κ3) is 3.49. The number of esters is 1. The molecule has 0 aliphatic heterocycles. The van der Waals surface area contributed by atoms with Crippen molar-refractivity contribution in [1.82, 2.24) is 9.78 Å². The zero-order valence-electron chi connectivity index (χ0n) is 9.77. The van der Waals surface area contributed by atoms with Crippen molar-refractivity contribution in [3.63, 3.8) is 0 Å². The van der Waals surface area contributed by atoms with Gasteiger partial charge in [0.1, 0.15) is 6.42 Å². The molecule has 0 saturated carbocycles. The monoisotopic (exact) mass is 224 g/mol. The molecule has 16 heavy (non-hydrogen) atoms. The van der Waals surface area contributed by atoms with Crippen LogP contribution in [0.15, 0.2) is 12.4 Å². The molecule has 0 aliphatic carbocycles. The number of nitrogens with zero attached hydrogens (tertiary/aromatic N) is 2. The van der Waals surface area contributed by atoms with E-state index in [0.717, 1.165) is 6.54 Å². The average molecular weight is 224 g/mol. The largest absolute Gasteiger partial charge is 0.469 e. The number of rotatable bonds is 5. The van der Waals surface area contributed by atoms with Crippen molar-refractivity contribution in [2.75, 3.05) is 7.11 Å². The minimum absolute atomic E-state index is 0.232. The summed E-state index contributed by atoms with van der Waals surface area (Å²) >= 11 is 0. The van der Waals surface area contributed by atoms with Gasteiger partial charge in [0.2, 0.25) is 0 Å². The van der Waals surface area contributed by atoms with E-state index in [0.29, 0.717) is 11.5 Å². The fourth-order valence-corrected chi connectivity index (χ4v) is 1.29. The Kier molecular flexibility index (Phi) is 4.22. The molecule has 5 nitrogen and oxygen atoms in total. The molecule has 88 valence electrons. The van der Waals surface area contributed by atoms with E-state index in [1.54, 1.807) is 10.9 Å². The van der Waals surface area contributed by atoms with Crippen LogP contribution in [0.5, 0.6) is 0 Å². The lowest BCUT2D eigenvalue weighted by Crippen LogP contribution is -2.09. The molecular weight excluding hydrogens is 208 g/mol. The summed E-state index contributed by atoms with van der Waals surface area (Å²) in [6, 6.07) is 0. The van der Waals surface area contributed by atoms with Crippen LogP contribution in [0.1, 0.15) is 30.6 Å². The number of Topliss-reactive ketones (excluding diaryl/α,β-unsaturated/α-hetero) is 1. The molecule has 0 fully saturated rings. The van der Waals surface area contributed by atoms with Crippen molar-refractivity contribution in [3.8, 4) is 0 Å². The SMILES string of the molecule is COC(=O)CC(=O)c1cnn(CC(C)C)c1. The first-order valence-corrected chi connectivity index (χ1v) is 5.15. The third-order valence-electron chi connectivity index (χ3n) is 2.04. The molecule has 0 aromatic carbocycles. The van der Waals surface area contributed by atoms with E-state index in [-0.39, 0.29) is 12.2 Å². The van der Waals surface area contributed by atoms with E-state index < -0.39 is 5.97 Å². The Balaban J connectivity index is 2.63. The van der Waals surface area contributed by atoms with Crippen LogP contribution in [-0.2, 0) is 16.1 Å². The summed E-state index contributed by atoms with van der Waals surface area (Å²) < 4.78 is 6.13. The molecule has 1 rings (SSSR count). The van der Waals surface area contributed by atoms with Gasteiger partial charge in [-0.3, -0.25) is 14.3 Å². The van der Waals surface area contributed by atoms with Crippen molar-refractivity contribution in [2.24, 2.45) is 5.92 Å². The lowest BCUT2D eigenvalue weighted by Gasteiger charge is -2.03. The van der Waals surface area contributed by atoms with Crippen LogP contribution in [0, 0.1) is 5.92 Å². The maximum absolute atomic E-state index is 11.6. The second kappa shape index (κ2) is 5.44. The Morgan fingerprint density at radius 2 is 2.19 bits per heavy atom. The van der Waals surface area contributed by atoms with Gasteiger partial charge < -0.3 is 4.74 Å². The van der Waals surface area contributed by atoms with Crippen LogP contribution in [0.4, 0.5) is 0 Å². The predicted molar refractivity (Wildman–Crippen MR) is 58.0 cm³/mol. The Labute approximate surface area is 94.4 Å². The van der Waals surface area contributed by atoms with Crippen LogP contribution < -0.4 is 0 Å². The number of hydrogen-bond acceptors (Lipinski definition) is 4. The quantitative estimate of drug-likeness (QED) is 0.429. The van der Waals surface area contributed by atoms with Crippen LogP contribution in [0.3, 0.4) is 0 Å².